The van der Waals surface area contributed by atoms with E-state index in [0.717, 1.165) is 25.9 Å². The zero-order valence-electron chi connectivity index (χ0n) is 7.79. The van der Waals surface area contributed by atoms with Crippen LogP contribution in [0.1, 0.15) is 12.0 Å². The predicted molar refractivity (Wildman–Crippen MR) is 56.4 cm³/mol. The van der Waals surface area contributed by atoms with Crippen molar-refractivity contribution in [3.8, 4) is 0 Å². The van der Waals surface area contributed by atoms with Crippen molar-refractivity contribution in [1.82, 2.24) is 5.32 Å². The van der Waals surface area contributed by atoms with Crippen molar-refractivity contribution in [2.45, 2.75) is 12.8 Å². The lowest BCUT2D eigenvalue weighted by Crippen LogP contribution is -2.18. The topological polar surface area (TPSA) is 35.9 Å². The van der Waals surface area contributed by atoms with Gasteiger partial charge in [0.25, 0.3) is 0 Å². The summed E-state index contributed by atoms with van der Waals surface area (Å²) in [6.07, 6.45) is 3.34. The van der Waals surface area contributed by atoms with Gasteiger partial charge in [-0.25, -0.2) is 0 Å². The molecule has 2 heteroatoms. The van der Waals surface area contributed by atoms with Crippen molar-refractivity contribution in [1.29, 1.82) is 5.41 Å². The van der Waals surface area contributed by atoms with Gasteiger partial charge in [0.15, 0.2) is 0 Å². The molecule has 0 saturated carbocycles. The molecule has 0 aromatic heterocycles. The number of hydrogen-bond donors (Lipinski definition) is 2. The van der Waals surface area contributed by atoms with E-state index in [2.05, 4.69) is 29.6 Å². The summed E-state index contributed by atoms with van der Waals surface area (Å²) in [6.45, 7) is 1.91. The molecule has 2 N–H and O–H groups in total. The van der Waals surface area contributed by atoms with E-state index in [1.807, 2.05) is 6.07 Å². The molecule has 0 radical (unpaired) electrons. The fraction of sp³-hybridized carbons (Fsp3) is 0.364. The first-order chi connectivity index (χ1) is 6.43. The molecular formula is C11H16N2. The van der Waals surface area contributed by atoms with E-state index in [9.17, 15) is 0 Å². The van der Waals surface area contributed by atoms with Crippen molar-refractivity contribution in [2.75, 3.05) is 13.1 Å². The third-order valence-corrected chi connectivity index (χ3v) is 1.90. The van der Waals surface area contributed by atoms with E-state index in [1.165, 1.54) is 11.8 Å². The average Bonchev–Trinajstić information content (AvgIpc) is 2.19. The second-order valence-corrected chi connectivity index (χ2v) is 2.98. The molecule has 0 amide bonds. The molecule has 0 aliphatic carbocycles. The quantitative estimate of drug-likeness (QED) is 0.503. The first kappa shape index (κ1) is 9.93. The highest BCUT2D eigenvalue weighted by molar-refractivity contribution is 5.52. The maximum atomic E-state index is 6.84. The molecule has 13 heavy (non-hydrogen) atoms. The van der Waals surface area contributed by atoms with Crippen LogP contribution in [0.2, 0.25) is 0 Å². The van der Waals surface area contributed by atoms with E-state index >= 15 is 0 Å². The fourth-order valence-corrected chi connectivity index (χ4v) is 1.18. The van der Waals surface area contributed by atoms with E-state index in [4.69, 9.17) is 5.41 Å². The summed E-state index contributed by atoms with van der Waals surface area (Å²) >= 11 is 0. The zero-order chi connectivity index (χ0) is 9.36. The van der Waals surface area contributed by atoms with Gasteiger partial charge in [-0.3, -0.25) is 0 Å². The molecule has 0 atom stereocenters. The number of nitrogens with one attached hydrogen (secondary N) is 2. The summed E-state index contributed by atoms with van der Waals surface area (Å²) in [6, 6.07) is 10.4. The zero-order valence-corrected chi connectivity index (χ0v) is 7.79. The molecule has 0 spiro atoms. The Morgan fingerprint density at radius 3 is 2.62 bits per heavy atom. The second-order valence-electron chi connectivity index (χ2n) is 2.98. The Bertz CT molecular complexity index is 231. The third-order valence-electron chi connectivity index (χ3n) is 1.90. The first-order valence-corrected chi connectivity index (χ1v) is 4.67. The highest BCUT2D eigenvalue weighted by Crippen LogP contribution is 1.97. The van der Waals surface area contributed by atoms with E-state index in [1.54, 1.807) is 0 Å². The maximum Gasteiger partial charge on any atom is 0.0000619 e. The van der Waals surface area contributed by atoms with Crippen LogP contribution < -0.4 is 5.32 Å². The molecule has 0 fully saturated rings. The molecule has 1 aromatic rings. The van der Waals surface area contributed by atoms with Gasteiger partial charge in [0.2, 0.25) is 0 Å². The average molecular weight is 176 g/mol. The maximum absolute atomic E-state index is 6.84. The van der Waals surface area contributed by atoms with E-state index in [-0.39, 0.29) is 0 Å². The Morgan fingerprint density at radius 2 is 1.92 bits per heavy atom. The SMILES string of the molecule is N=CCCNCCc1ccccc1. The Morgan fingerprint density at radius 1 is 1.15 bits per heavy atom. The van der Waals surface area contributed by atoms with Crippen molar-refractivity contribution in [3.63, 3.8) is 0 Å². The second kappa shape index (κ2) is 6.38. The van der Waals surface area contributed by atoms with Gasteiger partial charge in [-0.2, -0.15) is 0 Å². The van der Waals surface area contributed by atoms with Crippen LogP contribution in [0.5, 0.6) is 0 Å². The Balaban J connectivity index is 2.10. The standard InChI is InChI=1S/C11H16N2/c12-8-4-9-13-10-7-11-5-2-1-3-6-11/h1-3,5-6,8,12-13H,4,7,9-10H2. The summed E-state index contributed by atoms with van der Waals surface area (Å²) in [7, 11) is 0. The molecule has 1 aromatic carbocycles. The molecule has 0 saturated heterocycles. The van der Waals surface area contributed by atoms with E-state index in [0.29, 0.717) is 0 Å². The molecular weight excluding hydrogens is 160 g/mol. The van der Waals surface area contributed by atoms with Gasteiger partial charge in [-0.15, -0.1) is 0 Å². The van der Waals surface area contributed by atoms with Crippen LogP contribution in [0.25, 0.3) is 0 Å². The predicted octanol–water partition coefficient (Wildman–Crippen LogP) is 1.86. The van der Waals surface area contributed by atoms with Crippen LogP contribution in [0, 0.1) is 5.41 Å². The highest BCUT2D eigenvalue weighted by Gasteiger charge is 1.89. The molecule has 0 aliphatic heterocycles. The smallest absolute Gasteiger partial charge is 0.0000619 e. The molecule has 0 unspecified atom stereocenters. The van der Waals surface area contributed by atoms with Gasteiger partial charge in [0.1, 0.15) is 0 Å². The largest absolute Gasteiger partial charge is 0.316 e. The fourth-order valence-electron chi connectivity index (χ4n) is 1.18. The first-order valence-electron chi connectivity index (χ1n) is 4.67. The van der Waals surface area contributed by atoms with Crippen molar-refractivity contribution < 1.29 is 0 Å². The van der Waals surface area contributed by atoms with Gasteiger partial charge < -0.3 is 10.7 Å². The summed E-state index contributed by atoms with van der Waals surface area (Å²) in [4.78, 5) is 0. The summed E-state index contributed by atoms with van der Waals surface area (Å²) in [5.74, 6) is 0. The summed E-state index contributed by atoms with van der Waals surface area (Å²) in [5.41, 5.74) is 1.37. The molecule has 0 heterocycles. The summed E-state index contributed by atoms with van der Waals surface area (Å²) in [5, 5.41) is 10.1. The van der Waals surface area contributed by atoms with Crippen LogP contribution in [0.4, 0.5) is 0 Å². The van der Waals surface area contributed by atoms with Crippen LogP contribution in [0.15, 0.2) is 30.3 Å². The van der Waals surface area contributed by atoms with Gasteiger partial charge in [-0.05, 0) is 31.2 Å². The molecule has 2 nitrogen and oxygen atoms in total. The van der Waals surface area contributed by atoms with Gasteiger partial charge in [0.05, 0.1) is 0 Å². The van der Waals surface area contributed by atoms with E-state index < -0.39 is 0 Å². The monoisotopic (exact) mass is 176 g/mol. The van der Waals surface area contributed by atoms with Gasteiger partial charge in [0, 0.05) is 6.54 Å². The van der Waals surface area contributed by atoms with Gasteiger partial charge in [-0.1, -0.05) is 30.3 Å². The molecule has 0 aliphatic rings. The Hall–Kier alpha value is -1.15. The third kappa shape index (κ3) is 4.43. The molecule has 1 rings (SSSR count). The lowest BCUT2D eigenvalue weighted by molar-refractivity contribution is 0.700. The van der Waals surface area contributed by atoms with Crippen LogP contribution in [-0.4, -0.2) is 19.3 Å². The molecule has 0 bridgehead atoms. The number of rotatable bonds is 6. The van der Waals surface area contributed by atoms with Crippen molar-refractivity contribution in [3.05, 3.63) is 35.9 Å². The Kier molecular flexibility index (Phi) is 4.87. The van der Waals surface area contributed by atoms with Gasteiger partial charge >= 0.3 is 0 Å². The lowest BCUT2D eigenvalue weighted by Gasteiger charge is -2.02. The lowest BCUT2D eigenvalue weighted by atomic mass is 10.1. The minimum absolute atomic E-state index is 0.828. The highest BCUT2D eigenvalue weighted by atomic mass is 14.8. The molecule has 70 valence electrons. The van der Waals surface area contributed by atoms with Crippen molar-refractivity contribution >= 4 is 6.21 Å². The normalized spacial score (nSPS) is 9.85. The minimum atomic E-state index is 0.828. The number of benzene rings is 1. The minimum Gasteiger partial charge on any atom is -0.316 e. The van der Waals surface area contributed by atoms with Crippen LogP contribution >= 0.6 is 0 Å². The summed E-state index contributed by atoms with van der Waals surface area (Å²) < 4.78 is 0. The van der Waals surface area contributed by atoms with Crippen molar-refractivity contribution in [2.24, 2.45) is 0 Å². The van der Waals surface area contributed by atoms with Crippen LogP contribution in [-0.2, 0) is 6.42 Å². The Labute approximate surface area is 79.5 Å². The van der Waals surface area contributed by atoms with Crippen LogP contribution in [0.3, 0.4) is 0 Å². The number of hydrogen-bond acceptors (Lipinski definition) is 2.